The van der Waals surface area contributed by atoms with Crippen LogP contribution in [0.25, 0.3) is 10.9 Å². The zero-order valence-electron chi connectivity index (χ0n) is 14.8. The number of thiophene rings is 1. The van der Waals surface area contributed by atoms with Crippen LogP contribution in [0.2, 0.25) is 0 Å². The Bertz CT molecular complexity index is 1010. The molecular weight excluding hydrogens is 353 g/mol. The molecule has 0 saturated carbocycles. The van der Waals surface area contributed by atoms with E-state index in [1.54, 1.807) is 11.3 Å². The highest BCUT2D eigenvalue weighted by Crippen LogP contribution is 2.27. The molecule has 7 heteroatoms. The van der Waals surface area contributed by atoms with Crippen LogP contribution < -0.4 is 10.9 Å². The van der Waals surface area contributed by atoms with Crippen molar-refractivity contribution >= 4 is 28.1 Å². The zero-order valence-corrected chi connectivity index (χ0v) is 15.6. The molecule has 0 fully saturated rings. The predicted octanol–water partition coefficient (Wildman–Crippen LogP) is 3.07. The van der Waals surface area contributed by atoms with E-state index in [1.165, 1.54) is 34.7 Å². The summed E-state index contributed by atoms with van der Waals surface area (Å²) in [7, 11) is 3.92. The molecule has 0 saturated heterocycles. The Labute approximate surface area is 154 Å². The lowest BCUT2D eigenvalue weighted by atomic mass is 10.1. The Hall–Kier alpha value is -2.51. The van der Waals surface area contributed by atoms with E-state index in [-0.39, 0.29) is 17.5 Å². The molecule has 26 heavy (non-hydrogen) atoms. The van der Waals surface area contributed by atoms with E-state index < -0.39 is 11.4 Å². The highest BCUT2D eigenvalue weighted by Gasteiger charge is 2.20. The Morgan fingerprint density at radius 2 is 2.08 bits per heavy atom. The fraction of sp³-hybridized carbons (Fsp3) is 0.263. The van der Waals surface area contributed by atoms with E-state index in [4.69, 9.17) is 0 Å². The monoisotopic (exact) mass is 373 g/mol. The van der Waals surface area contributed by atoms with Gasteiger partial charge in [0, 0.05) is 22.9 Å². The molecule has 0 spiro atoms. The molecule has 1 amide bonds. The van der Waals surface area contributed by atoms with Gasteiger partial charge in [-0.2, -0.15) is 0 Å². The van der Waals surface area contributed by atoms with Gasteiger partial charge in [-0.15, -0.1) is 11.3 Å². The number of hydrogen-bond acceptors (Lipinski definition) is 4. The molecule has 1 atom stereocenters. The van der Waals surface area contributed by atoms with Gasteiger partial charge in [0.05, 0.1) is 17.1 Å². The van der Waals surface area contributed by atoms with Crippen LogP contribution in [-0.4, -0.2) is 36.4 Å². The van der Waals surface area contributed by atoms with Gasteiger partial charge in [0.15, 0.2) is 0 Å². The van der Waals surface area contributed by atoms with Crippen LogP contribution >= 0.6 is 11.3 Å². The highest BCUT2D eigenvalue weighted by atomic mass is 32.1. The predicted molar refractivity (Wildman–Crippen MR) is 102 cm³/mol. The molecule has 1 aromatic carbocycles. The van der Waals surface area contributed by atoms with Crippen LogP contribution in [0, 0.1) is 12.7 Å². The van der Waals surface area contributed by atoms with E-state index in [1.807, 2.05) is 31.3 Å². The average molecular weight is 373 g/mol. The van der Waals surface area contributed by atoms with Gasteiger partial charge in [0.1, 0.15) is 5.82 Å². The summed E-state index contributed by atoms with van der Waals surface area (Å²) in [6.07, 6.45) is 0. The molecule has 5 nitrogen and oxygen atoms in total. The number of hydrogen-bond donors (Lipinski definition) is 2. The largest absolute Gasteiger partial charge is 0.350 e. The Morgan fingerprint density at radius 3 is 2.73 bits per heavy atom. The maximum absolute atomic E-state index is 13.4. The molecule has 2 N–H and O–H groups in total. The number of carbonyl (C=O) groups excluding carboxylic acids is 1. The van der Waals surface area contributed by atoms with Gasteiger partial charge in [-0.05, 0) is 56.2 Å². The molecular formula is C19H20FN3O2S. The van der Waals surface area contributed by atoms with Crippen molar-refractivity contribution in [3.63, 3.8) is 0 Å². The number of halogens is 1. The topological polar surface area (TPSA) is 65.2 Å². The first-order chi connectivity index (χ1) is 12.4. The summed E-state index contributed by atoms with van der Waals surface area (Å²) in [5.74, 6) is -0.819. The summed E-state index contributed by atoms with van der Waals surface area (Å²) in [6.45, 7) is 2.45. The third-order valence-corrected chi connectivity index (χ3v) is 5.45. The lowest BCUT2D eigenvalue weighted by Crippen LogP contribution is -2.35. The number of likely N-dealkylation sites (N-methyl/N-ethyl adjacent to an activating group) is 1. The highest BCUT2D eigenvalue weighted by molar-refractivity contribution is 7.10. The normalized spacial score (nSPS) is 12.5. The van der Waals surface area contributed by atoms with Crippen molar-refractivity contribution in [1.29, 1.82) is 0 Å². The summed E-state index contributed by atoms with van der Waals surface area (Å²) >= 11 is 1.65. The van der Waals surface area contributed by atoms with Crippen molar-refractivity contribution in [2.45, 2.75) is 13.0 Å². The fourth-order valence-electron chi connectivity index (χ4n) is 2.94. The molecule has 0 aliphatic carbocycles. The van der Waals surface area contributed by atoms with Gasteiger partial charge in [-0.3, -0.25) is 9.59 Å². The second-order valence-corrected chi connectivity index (χ2v) is 7.34. The lowest BCUT2D eigenvalue weighted by molar-refractivity contribution is 0.0943. The summed E-state index contributed by atoms with van der Waals surface area (Å²) < 4.78 is 13.4. The van der Waals surface area contributed by atoms with Gasteiger partial charge in [-0.1, -0.05) is 0 Å². The summed E-state index contributed by atoms with van der Waals surface area (Å²) in [5, 5.41) is 5.45. The van der Waals surface area contributed by atoms with Gasteiger partial charge >= 0.3 is 0 Å². The molecule has 3 rings (SSSR count). The van der Waals surface area contributed by atoms with Crippen LogP contribution in [-0.2, 0) is 0 Å². The van der Waals surface area contributed by atoms with Crippen LogP contribution in [0.5, 0.6) is 0 Å². The SMILES string of the molecule is Cc1ccsc1[C@@H](CNC(=O)c1cc(=O)[nH]c2cc(F)ccc12)N(C)C. The van der Waals surface area contributed by atoms with Crippen molar-refractivity contribution in [3.8, 4) is 0 Å². The molecule has 0 aliphatic heterocycles. The second kappa shape index (κ2) is 7.39. The van der Waals surface area contributed by atoms with Crippen molar-refractivity contribution < 1.29 is 9.18 Å². The number of aromatic nitrogens is 1. The van der Waals surface area contributed by atoms with Crippen LogP contribution in [0.1, 0.15) is 26.8 Å². The van der Waals surface area contributed by atoms with E-state index >= 15 is 0 Å². The molecule has 0 unspecified atom stereocenters. The number of carbonyl (C=O) groups is 1. The quantitative estimate of drug-likeness (QED) is 0.722. The number of fused-ring (bicyclic) bond motifs is 1. The Balaban J connectivity index is 1.87. The Morgan fingerprint density at radius 1 is 1.31 bits per heavy atom. The van der Waals surface area contributed by atoms with Crippen LogP contribution in [0.15, 0.2) is 40.5 Å². The number of amides is 1. The number of nitrogens with zero attached hydrogens (tertiary/aromatic N) is 1. The van der Waals surface area contributed by atoms with E-state index in [2.05, 4.69) is 16.4 Å². The minimum Gasteiger partial charge on any atom is -0.350 e. The zero-order chi connectivity index (χ0) is 18.8. The van der Waals surface area contributed by atoms with Gasteiger partial charge in [0.2, 0.25) is 5.56 Å². The van der Waals surface area contributed by atoms with Crippen molar-refractivity contribution in [1.82, 2.24) is 15.2 Å². The van der Waals surface area contributed by atoms with Gasteiger partial charge < -0.3 is 15.2 Å². The smallest absolute Gasteiger partial charge is 0.252 e. The number of nitrogens with one attached hydrogen (secondary N) is 2. The standard InChI is InChI=1S/C19H20FN3O2S/c1-11-6-7-26-18(11)16(23(2)3)10-21-19(25)14-9-17(24)22-15-8-12(20)4-5-13(14)15/h4-9,16H,10H2,1-3H3,(H,21,25)(H,22,24)/t16-/m1/s1. The van der Waals surface area contributed by atoms with Crippen molar-refractivity contribution in [2.75, 3.05) is 20.6 Å². The minimum absolute atomic E-state index is 0.0321. The summed E-state index contributed by atoms with van der Waals surface area (Å²) in [6, 6.07) is 7.32. The average Bonchev–Trinajstić information content (AvgIpc) is 2.99. The van der Waals surface area contributed by atoms with Crippen molar-refractivity contribution in [2.24, 2.45) is 0 Å². The first-order valence-electron chi connectivity index (χ1n) is 8.18. The molecule has 2 aromatic heterocycles. The van der Waals surface area contributed by atoms with Crippen LogP contribution in [0.3, 0.4) is 0 Å². The molecule has 3 aromatic rings. The molecule has 0 radical (unpaired) electrons. The number of H-pyrrole nitrogens is 1. The molecule has 0 bridgehead atoms. The number of aromatic amines is 1. The maximum atomic E-state index is 13.4. The summed E-state index contributed by atoms with van der Waals surface area (Å²) in [5.41, 5.74) is 1.29. The summed E-state index contributed by atoms with van der Waals surface area (Å²) in [4.78, 5) is 30.3. The van der Waals surface area contributed by atoms with Gasteiger partial charge in [0.25, 0.3) is 5.91 Å². The molecule has 136 valence electrons. The van der Waals surface area contributed by atoms with E-state index in [0.29, 0.717) is 17.4 Å². The number of benzene rings is 1. The van der Waals surface area contributed by atoms with E-state index in [0.717, 1.165) is 0 Å². The minimum atomic E-state index is -0.466. The molecule has 2 heterocycles. The number of aryl methyl sites for hydroxylation is 1. The lowest BCUT2D eigenvalue weighted by Gasteiger charge is -2.24. The third kappa shape index (κ3) is 3.68. The first-order valence-corrected chi connectivity index (χ1v) is 9.06. The number of rotatable bonds is 5. The second-order valence-electron chi connectivity index (χ2n) is 6.39. The van der Waals surface area contributed by atoms with Gasteiger partial charge in [-0.25, -0.2) is 4.39 Å². The van der Waals surface area contributed by atoms with E-state index in [9.17, 15) is 14.0 Å². The third-order valence-electron chi connectivity index (χ3n) is 4.33. The molecule has 0 aliphatic rings. The maximum Gasteiger partial charge on any atom is 0.252 e. The Kier molecular flexibility index (Phi) is 5.20. The van der Waals surface area contributed by atoms with Crippen LogP contribution in [0.4, 0.5) is 4.39 Å². The fourth-order valence-corrected chi connectivity index (χ4v) is 4.06. The van der Waals surface area contributed by atoms with Crippen molar-refractivity contribution in [3.05, 3.63) is 67.9 Å². The number of pyridine rings is 1. The first kappa shape index (κ1) is 18.3.